The van der Waals surface area contributed by atoms with Crippen molar-refractivity contribution in [2.45, 2.75) is 6.92 Å². The van der Waals surface area contributed by atoms with Crippen molar-refractivity contribution in [1.29, 1.82) is 0 Å². The molecule has 0 radical (unpaired) electrons. The molecule has 0 aromatic carbocycles. The van der Waals surface area contributed by atoms with Crippen LogP contribution in [-0.4, -0.2) is 14.9 Å². The molecule has 1 heterocycles. The highest BCUT2D eigenvalue weighted by atomic mass is 35.5. The zero-order valence-electron chi connectivity index (χ0n) is 6.58. The van der Waals surface area contributed by atoms with Crippen LogP contribution in [0.5, 0.6) is 0 Å². The molecule has 0 aliphatic carbocycles. The molecule has 0 saturated heterocycles. The van der Waals surface area contributed by atoms with E-state index in [1.807, 2.05) is 6.92 Å². The van der Waals surface area contributed by atoms with Crippen LogP contribution >= 0.6 is 11.6 Å². The van der Waals surface area contributed by atoms with Crippen molar-refractivity contribution in [3.63, 3.8) is 0 Å². The second-order valence-electron chi connectivity index (χ2n) is 2.11. The summed E-state index contributed by atoms with van der Waals surface area (Å²) in [6.07, 6.45) is 1.55. The molecule has 0 fully saturated rings. The average molecular weight is 205 g/mol. The maximum atomic E-state index is 11.0. The fraction of sp³-hybridized carbons (Fsp3) is 0.286. The van der Waals surface area contributed by atoms with Gasteiger partial charge in [0.25, 0.3) is 0 Å². The third kappa shape index (κ3) is 2.79. The van der Waals surface area contributed by atoms with Crippen LogP contribution < -0.4 is 4.72 Å². The number of halogens is 1. The van der Waals surface area contributed by atoms with Crippen molar-refractivity contribution < 1.29 is 4.21 Å². The third-order valence-electron chi connectivity index (χ3n) is 1.22. The Morgan fingerprint density at radius 1 is 1.67 bits per heavy atom. The van der Waals surface area contributed by atoms with Gasteiger partial charge in [-0.1, -0.05) is 18.5 Å². The Labute approximate surface area is 78.7 Å². The van der Waals surface area contributed by atoms with Crippen molar-refractivity contribution in [3.8, 4) is 0 Å². The SMILES string of the molecule is CCS(=O)Nc1ccc(Cl)nc1. The van der Waals surface area contributed by atoms with E-state index in [9.17, 15) is 4.21 Å². The molecule has 66 valence electrons. The van der Waals surface area contributed by atoms with Crippen molar-refractivity contribution in [3.05, 3.63) is 23.5 Å². The summed E-state index contributed by atoms with van der Waals surface area (Å²) in [5, 5.41) is 0.433. The normalized spacial score (nSPS) is 12.5. The van der Waals surface area contributed by atoms with Crippen LogP contribution in [0.15, 0.2) is 18.3 Å². The largest absolute Gasteiger partial charge is 0.304 e. The molecule has 12 heavy (non-hydrogen) atoms. The van der Waals surface area contributed by atoms with E-state index >= 15 is 0 Å². The number of nitrogens with zero attached hydrogens (tertiary/aromatic N) is 1. The van der Waals surface area contributed by atoms with E-state index in [2.05, 4.69) is 9.71 Å². The Morgan fingerprint density at radius 3 is 2.92 bits per heavy atom. The number of hydrogen-bond donors (Lipinski definition) is 1. The monoisotopic (exact) mass is 204 g/mol. The van der Waals surface area contributed by atoms with Gasteiger partial charge in [-0.2, -0.15) is 0 Å². The second-order valence-corrected chi connectivity index (χ2v) is 3.97. The fourth-order valence-electron chi connectivity index (χ4n) is 0.640. The molecule has 1 aromatic rings. The maximum Gasteiger partial charge on any atom is 0.129 e. The van der Waals surface area contributed by atoms with Crippen LogP contribution in [0.3, 0.4) is 0 Å². The van der Waals surface area contributed by atoms with Gasteiger partial charge in [-0.15, -0.1) is 0 Å². The molecule has 1 N–H and O–H groups in total. The van der Waals surface area contributed by atoms with Crippen LogP contribution in [0.1, 0.15) is 6.92 Å². The van der Waals surface area contributed by atoms with Crippen molar-refractivity contribution in [2.24, 2.45) is 0 Å². The Bertz CT molecular complexity index is 275. The highest BCUT2D eigenvalue weighted by molar-refractivity contribution is 7.86. The van der Waals surface area contributed by atoms with E-state index < -0.39 is 11.0 Å². The van der Waals surface area contributed by atoms with Gasteiger partial charge in [0.2, 0.25) is 0 Å². The van der Waals surface area contributed by atoms with Gasteiger partial charge in [-0.05, 0) is 12.1 Å². The van der Waals surface area contributed by atoms with Crippen LogP contribution in [0.25, 0.3) is 0 Å². The molecule has 1 aromatic heterocycles. The van der Waals surface area contributed by atoms with Gasteiger partial charge in [0.1, 0.15) is 16.1 Å². The highest BCUT2D eigenvalue weighted by Crippen LogP contribution is 2.09. The lowest BCUT2D eigenvalue weighted by atomic mass is 10.4. The quantitative estimate of drug-likeness (QED) is 0.764. The summed E-state index contributed by atoms with van der Waals surface area (Å²) in [5.74, 6) is 0.572. The van der Waals surface area contributed by atoms with Gasteiger partial charge in [0.15, 0.2) is 0 Å². The van der Waals surface area contributed by atoms with Gasteiger partial charge < -0.3 is 4.72 Å². The Balaban J connectivity index is 2.64. The summed E-state index contributed by atoms with van der Waals surface area (Å²) in [6.45, 7) is 1.84. The van der Waals surface area contributed by atoms with E-state index in [1.165, 1.54) is 0 Å². The molecule has 1 atom stereocenters. The minimum Gasteiger partial charge on any atom is -0.304 e. The fourth-order valence-corrected chi connectivity index (χ4v) is 1.28. The molecule has 1 unspecified atom stereocenters. The number of aromatic nitrogens is 1. The topological polar surface area (TPSA) is 42.0 Å². The van der Waals surface area contributed by atoms with E-state index in [1.54, 1.807) is 18.3 Å². The first-order chi connectivity index (χ1) is 5.72. The summed E-state index contributed by atoms with van der Waals surface area (Å²) < 4.78 is 13.8. The average Bonchev–Trinajstić information content (AvgIpc) is 2.09. The molecule has 0 spiro atoms. The maximum absolute atomic E-state index is 11.0. The van der Waals surface area contributed by atoms with Crippen molar-refractivity contribution in [1.82, 2.24) is 4.98 Å². The summed E-state index contributed by atoms with van der Waals surface area (Å²) >= 11 is 5.57. The smallest absolute Gasteiger partial charge is 0.129 e. The zero-order valence-corrected chi connectivity index (χ0v) is 8.15. The molecule has 5 heteroatoms. The molecule has 0 saturated carbocycles. The zero-order chi connectivity index (χ0) is 8.97. The first-order valence-electron chi connectivity index (χ1n) is 3.49. The molecular formula is C7H9ClN2OS. The van der Waals surface area contributed by atoms with Gasteiger partial charge in [-0.3, -0.25) is 0 Å². The number of pyridine rings is 1. The van der Waals surface area contributed by atoms with Crippen LogP contribution in [0.2, 0.25) is 5.15 Å². The summed E-state index contributed by atoms with van der Waals surface area (Å²) in [4.78, 5) is 3.83. The molecule has 0 aliphatic heterocycles. The molecular weight excluding hydrogens is 196 g/mol. The van der Waals surface area contributed by atoms with E-state index in [4.69, 9.17) is 11.6 Å². The minimum atomic E-state index is -1.02. The van der Waals surface area contributed by atoms with Gasteiger partial charge in [0.05, 0.1) is 11.9 Å². The van der Waals surface area contributed by atoms with Crippen molar-refractivity contribution in [2.75, 3.05) is 10.5 Å². The lowest BCUT2D eigenvalue weighted by Gasteiger charge is -2.02. The first kappa shape index (κ1) is 9.48. The Morgan fingerprint density at radius 2 is 2.42 bits per heavy atom. The standard InChI is InChI=1S/C7H9ClN2OS/c1-2-12(11)10-6-3-4-7(8)9-5-6/h3-5,10H,2H2,1H3. The summed E-state index contributed by atoms with van der Waals surface area (Å²) in [5.41, 5.74) is 0.722. The van der Waals surface area contributed by atoms with E-state index in [-0.39, 0.29) is 0 Å². The molecule has 0 amide bonds. The van der Waals surface area contributed by atoms with Gasteiger partial charge in [-0.25, -0.2) is 9.19 Å². The Hall–Kier alpha value is -0.610. The third-order valence-corrected chi connectivity index (χ3v) is 2.43. The van der Waals surface area contributed by atoms with Gasteiger partial charge in [0, 0.05) is 5.75 Å². The number of nitrogens with one attached hydrogen (secondary N) is 1. The predicted octanol–water partition coefficient (Wildman–Crippen LogP) is 1.83. The van der Waals surface area contributed by atoms with Crippen LogP contribution in [-0.2, 0) is 11.0 Å². The molecule has 0 bridgehead atoms. The van der Waals surface area contributed by atoms with E-state index in [0.29, 0.717) is 10.9 Å². The van der Waals surface area contributed by atoms with Crippen LogP contribution in [0, 0.1) is 0 Å². The lowest BCUT2D eigenvalue weighted by Crippen LogP contribution is -2.05. The Kier molecular flexibility index (Phi) is 3.49. The minimum absolute atomic E-state index is 0.433. The molecule has 1 rings (SSSR count). The van der Waals surface area contributed by atoms with E-state index in [0.717, 1.165) is 5.69 Å². The summed E-state index contributed by atoms with van der Waals surface area (Å²) in [7, 11) is -1.02. The number of rotatable bonds is 3. The second kappa shape index (κ2) is 4.42. The first-order valence-corrected chi connectivity index (χ1v) is 5.18. The highest BCUT2D eigenvalue weighted by Gasteiger charge is 1.96. The van der Waals surface area contributed by atoms with Crippen LogP contribution in [0.4, 0.5) is 5.69 Å². The van der Waals surface area contributed by atoms with Crippen molar-refractivity contribution >= 4 is 28.3 Å². The number of hydrogen-bond acceptors (Lipinski definition) is 2. The lowest BCUT2D eigenvalue weighted by molar-refractivity contribution is 0.687. The van der Waals surface area contributed by atoms with Gasteiger partial charge >= 0.3 is 0 Å². The molecule has 0 aliphatic rings. The number of anilines is 1. The summed E-state index contributed by atoms with van der Waals surface area (Å²) in [6, 6.07) is 3.39. The predicted molar refractivity (Wildman–Crippen MR) is 51.6 cm³/mol. The molecule has 3 nitrogen and oxygen atoms in total.